The fourth-order valence-electron chi connectivity index (χ4n) is 3.16. The lowest BCUT2D eigenvalue weighted by molar-refractivity contribution is -0.137. The van der Waals surface area contributed by atoms with E-state index in [2.05, 4.69) is 21.4 Å². The molecule has 1 aliphatic heterocycles. The summed E-state index contributed by atoms with van der Waals surface area (Å²) in [6.45, 7) is 8.06. The minimum absolute atomic E-state index is 0.101. The van der Waals surface area contributed by atoms with Crippen LogP contribution < -0.4 is 16.0 Å². The number of nitrogens with two attached hydrogens (primary N) is 1. The highest BCUT2D eigenvalue weighted by atomic mass is 16.5. The topological polar surface area (TPSA) is 109 Å². The molecule has 144 valence electrons. The first-order valence-electron chi connectivity index (χ1n) is 9.09. The van der Waals surface area contributed by atoms with Crippen molar-refractivity contribution in [1.82, 2.24) is 14.9 Å². The molecule has 0 spiro atoms. The number of nitrogens with zero attached hydrogens (tertiary/aromatic N) is 4. The van der Waals surface area contributed by atoms with Gasteiger partial charge in [0.15, 0.2) is 6.10 Å². The molecule has 1 fully saturated rings. The van der Waals surface area contributed by atoms with E-state index in [0.29, 0.717) is 31.9 Å². The third kappa shape index (κ3) is 4.04. The maximum atomic E-state index is 12.6. The lowest BCUT2D eigenvalue weighted by atomic mass is 9.94. The molecule has 2 aromatic rings. The summed E-state index contributed by atoms with van der Waals surface area (Å²) in [4.78, 5) is 14.7. The van der Waals surface area contributed by atoms with Crippen LogP contribution in [-0.4, -0.2) is 53.9 Å². The molecule has 0 aliphatic carbocycles. The molecule has 0 saturated carbocycles. The van der Waals surface area contributed by atoms with Gasteiger partial charge >= 0.3 is 0 Å². The van der Waals surface area contributed by atoms with Gasteiger partial charge in [-0.15, -0.1) is 0 Å². The van der Waals surface area contributed by atoms with E-state index in [4.69, 9.17) is 10.5 Å². The Morgan fingerprint density at radius 2 is 2.22 bits per heavy atom. The van der Waals surface area contributed by atoms with Gasteiger partial charge in [0.1, 0.15) is 11.8 Å². The van der Waals surface area contributed by atoms with Gasteiger partial charge in [0.2, 0.25) is 0 Å². The second kappa shape index (κ2) is 7.55. The van der Waals surface area contributed by atoms with Crippen molar-refractivity contribution in [2.45, 2.75) is 33.0 Å². The van der Waals surface area contributed by atoms with Crippen LogP contribution in [0.25, 0.3) is 5.52 Å². The van der Waals surface area contributed by atoms with Crippen LogP contribution in [0.1, 0.15) is 26.5 Å². The third-order valence-corrected chi connectivity index (χ3v) is 4.83. The number of pyridine rings is 1. The second-order valence-corrected chi connectivity index (χ2v) is 7.77. The monoisotopic (exact) mass is 370 g/mol. The fourth-order valence-corrected chi connectivity index (χ4v) is 3.16. The number of hydrogen-bond acceptors (Lipinski definition) is 6. The van der Waals surface area contributed by atoms with E-state index < -0.39 is 6.10 Å². The lowest BCUT2D eigenvalue weighted by Crippen LogP contribution is -2.54. The number of morpholine rings is 1. The average Bonchev–Trinajstić information content (AvgIpc) is 3.14. The van der Waals surface area contributed by atoms with Crippen molar-refractivity contribution in [1.29, 1.82) is 5.26 Å². The number of carbonyl (C=O) groups is 1. The summed E-state index contributed by atoms with van der Waals surface area (Å²) >= 11 is 0. The molecule has 1 aliphatic rings. The van der Waals surface area contributed by atoms with Crippen LogP contribution in [0, 0.1) is 16.7 Å². The van der Waals surface area contributed by atoms with Gasteiger partial charge in [0.25, 0.3) is 5.91 Å². The van der Waals surface area contributed by atoms with Gasteiger partial charge in [0, 0.05) is 13.1 Å². The Morgan fingerprint density at radius 1 is 1.44 bits per heavy atom. The fraction of sp³-hybridized carbons (Fsp3) is 0.526. The van der Waals surface area contributed by atoms with Crippen LogP contribution in [0.4, 0.5) is 5.69 Å². The number of aromatic nitrogens is 2. The predicted octanol–water partition coefficient (Wildman–Crippen LogP) is 0.901. The van der Waals surface area contributed by atoms with Gasteiger partial charge < -0.3 is 20.7 Å². The van der Waals surface area contributed by atoms with Crippen molar-refractivity contribution in [2.24, 2.45) is 11.1 Å². The SMILES string of the molecule is C[C@@H]1CN(c2ccc(C#N)n3nccc23)C[C@H](C(=O)NCC(C)(C)CN)O1. The summed E-state index contributed by atoms with van der Waals surface area (Å²) in [5.74, 6) is -0.133. The molecular weight excluding hydrogens is 344 g/mol. The summed E-state index contributed by atoms with van der Waals surface area (Å²) in [5, 5.41) is 16.4. The van der Waals surface area contributed by atoms with Crippen LogP contribution in [-0.2, 0) is 9.53 Å². The number of rotatable bonds is 5. The smallest absolute Gasteiger partial charge is 0.251 e. The molecule has 8 nitrogen and oxygen atoms in total. The maximum absolute atomic E-state index is 12.6. The van der Waals surface area contributed by atoms with Crippen LogP contribution in [0.15, 0.2) is 24.4 Å². The molecule has 8 heteroatoms. The maximum Gasteiger partial charge on any atom is 0.251 e. The van der Waals surface area contributed by atoms with Crippen molar-refractivity contribution >= 4 is 17.1 Å². The van der Waals surface area contributed by atoms with Crippen LogP contribution >= 0.6 is 0 Å². The Balaban J connectivity index is 1.79. The largest absolute Gasteiger partial charge is 0.364 e. The molecule has 27 heavy (non-hydrogen) atoms. The zero-order chi connectivity index (χ0) is 19.6. The summed E-state index contributed by atoms with van der Waals surface area (Å²) < 4.78 is 7.50. The molecule has 0 aromatic carbocycles. The second-order valence-electron chi connectivity index (χ2n) is 7.77. The number of hydrogen-bond donors (Lipinski definition) is 2. The van der Waals surface area contributed by atoms with Crippen molar-refractivity contribution in [3.63, 3.8) is 0 Å². The van der Waals surface area contributed by atoms with Gasteiger partial charge in [-0.25, -0.2) is 4.52 Å². The van der Waals surface area contributed by atoms with E-state index in [1.54, 1.807) is 16.8 Å². The minimum atomic E-state index is -0.569. The van der Waals surface area contributed by atoms with Crippen LogP contribution in [0.3, 0.4) is 0 Å². The molecule has 0 bridgehead atoms. The number of ether oxygens (including phenoxy) is 1. The summed E-state index contributed by atoms with van der Waals surface area (Å²) in [7, 11) is 0. The van der Waals surface area contributed by atoms with Crippen LogP contribution in [0.2, 0.25) is 0 Å². The zero-order valence-corrected chi connectivity index (χ0v) is 16.0. The highest BCUT2D eigenvalue weighted by molar-refractivity contribution is 5.83. The quantitative estimate of drug-likeness (QED) is 0.809. The van der Waals surface area contributed by atoms with E-state index in [1.807, 2.05) is 32.9 Å². The van der Waals surface area contributed by atoms with Gasteiger partial charge in [-0.1, -0.05) is 13.8 Å². The Morgan fingerprint density at radius 3 is 2.93 bits per heavy atom. The first-order valence-corrected chi connectivity index (χ1v) is 9.09. The Bertz CT molecular complexity index is 869. The van der Waals surface area contributed by atoms with E-state index in [1.165, 1.54) is 0 Å². The number of nitriles is 1. The molecule has 3 heterocycles. The van der Waals surface area contributed by atoms with Gasteiger partial charge in [-0.05, 0) is 37.1 Å². The number of amides is 1. The minimum Gasteiger partial charge on any atom is -0.364 e. The lowest BCUT2D eigenvalue weighted by Gasteiger charge is -2.38. The Hall–Kier alpha value is -2.63. The highest BCUT2D eigenvalue weighted by Gasteiger charge is 2.32. The first kappa shape index (κ1) is 19.1. The number of fused-ring (bicyclic) bond motifs is 1. The van der Waals surface area contributed by atoms with Crippen molar-refractivity contribution < 1.29 is 9.53 Å². The Kier molecular flexibility index (Phi) is 5.35. The molecule has 0 radical (unpaired) electrons. The molecule has 0 unspecified atom stereocenters. The normalized spacial score (nSPS) is 20.5. The summed E-state index contributed by atoms with van der Waals surface area (Å²) in [6, 6.07) is 7.66. The number of anilines is 1. The van der Waals surface area contributed by atoms with Crippen molar-refractivity contribution in [2.75, 3.05) is 31.1 Å². The first-order chi connectivity index (χ1) is 12.8. The van der Waals surface area contributed by atoms with E-state index >= 15 is 0 Å². The van der Waals surface area contributed by atoms with Crippen molar-refractivity contribution in [3.8, 4) is 6.07 Å². The van der Waals surface area contributed by atoms with E-state index in [0.717, 1.165) is 11.2 Å². The standard InChI is InChI=1S/C19H26N6O2/c1-13-9-24(10-17(27-13)18(26)22-12-19(2,3)11-21)15-5-4-14(8-20)25-16(15)6-7-23-25/h4-7,13,17H,9-12,21H2,1-3H3,(H,22,26)/t13-,17-/m1/s1. The highest BCUT2D eigenvalue weighted by Crippen LogP contribution is 2.26. The molecule has 1 amide bonds. The molecule has 2 atom stereocenters. The molecule has 3 N–H and O–H groups in total. The molecule has 2 aromatic heterocycles. The average molecular weight is 370 g/mol. The van der Waals surface area contributed by atoms with Gasteiger partial charge in [0.05, 0.1) is 30.0 Å². The predicted molar refractivity (Wildman–Crippen MR) is 102 cm³/mol. The summed E-state index contributed by atoms with van der Waals surface area (Å²) in [5.41, 5.74) is 7.82. The van der Waals surface area contributed by atoms with Crippen molar-refractivity contribution in [3.05, 3.63) is 30.1 Å². The molecule has 1 saturated heterocycles. The van der Waals surface area contributed by atoms with Gasteiger partial charge in [-0.3, -0.25) is 4.79 Å². The van der Waals surface area contributed by atoms with E-state index in [-0.39, 0.29) is 17.4 Å². The number of nitrogens with one attached hydrogen (secondary N) is 1. The van der Waals surface area contributed by atoms with E-state index in [9.17, 15) is 10.1 Å². The van der Waals surface area contributed by atoms with Crippen LogP contribution in [0.5, 0.6) is 0 Å². The number of carbonyl (C=O) groups excluding carboxylic acids is 1. The molecular formula is C19H26N6O2. The van der Waals surface area contributed by atoms with Gasteiger partial charge in [-0.2, -0.15) is 10.4 Å². The molecule has 3 rings (SSSR count). The summed E-state index contributed by atoms with van der Waals surface area (Å²) in [6.07, 6.45) is 0.999. The third-order valence-electron chi connectivity index (χ3n) is 4.83. The zero-order valence-electron chi connectivity index (χ0n) is 16.0. The Labute approximate surface area is 158 Å².